The minimum absolute atomic E-state index is 0.0271. The van der Waals surface area contributed by atoms with Gasteiger partial charge < -0.3 is 34.3 Å². The van der Waals surface area contributed by atoms with E-state index in [4.69, 9.17) is 18.9 Å². The number of aliphatic hydroxyl groups is 3. The number of ether oxygens (including phenoxy) is 4. The molecule has 0 spiro atoms. The lowest BCUT2D eigenvalue weighted by Crippen LogP contribution is -2.44. The Labute approximate surface area is 259 Å². The van der Waals surface area contributed by atoms with Crippen molar-refractivity contribution in [2.75, 3.05) is 20.3 Å². The molecule has 0 aromatic rings. The van der Waals surface area contributed by atoms with Gasteiger partial charge in [0.1, 0.15) is 6.61 Å². The fourth-order valence-corrected chi connectivity index (χ4v) is 8.50. The van der Waals surface area contributed by atoms with Crippen molar-refractivity contribution in [3.05, 3.63) is 23.8 Å². The molecule has 0 bridgehead atoms. The van der Waals surface area contributed by atoms with E-state index in [1.807, 2.05) is 6.92 Å². The molecular weight excluding hydrogens is 548 g/mol. The van der Waals surface area contributed by atoms with E-state index in [2.05, 4.69) is 52.8 Å². The first-order chi connectivity index (χ1) is 20.5. The van der Waals surface area contributed by atoms with Crippen molar-refractivity contribution < 1.29 is 39.1 Å². The van der Waals surface area contributed by atoms with Crippen LogP contribution in [0.2, 0.25) is 0 Å². The number of aliphatic hydroxyl groups excluding tert-OH is 3. The van der Waals surface area contributed by atoms with E-state index in [-0.39, 0.29) is 79.1 Å². The number of hydrogen-bond donors (Lipinski definition) is 3. The summed E-state index contributed by atoms with van der Waals surface area (Å²) in [5, 5.41) is 32.1. The Morgan fingerprint density at radius 1 is 1.05 bits per heavy atom. The van der Waals surface area contributed by atoms with Gasteiger partial charge in [-0.25, -0.2) is 0 Å². The number of carbonyl (C=O) groups excluding carboxylic acids is 1. The molecule has 3 heterocycles. The Morgan fingerprint density at radius 2 is 1.79 bits per heavy atom. The van der Waals surface area contributed by atoms with Crippen LogP contribution in [0, 0.1) is 47.3 Å². The molecule has 8 nitrogen and oxygen atoms in total. The molecule has 3 N–H and O–H groups in total. The summed E-state index contributed by atoms with van der Waals surface area (Å²) in [6, 6.07) is 0. The van der Waals surface area contributed by atoms with Crippen molar-refractivity contribution in [2.24, 2.45) is 47.3 Å². The molecule has 0 aromatic heterocycles. The standard InChI is InChI=1S/C35H58O8/c1-19-9-8-10-25(30(19)23(5)32(38)31-28(37)18-41-35(31)39)16-26(17-36)34-21(3)12-14-27(42-34)13-11-20(2)33-22(4)15-29(43-33)24(6)40-7/h11,13,16,19-25,27,29-36,38-39H,8-10,12,14-15,17-18H2,1-7H3. The van der Waals surface area contributed by atoms with Gasteiger partial charge in [-0.3, -0.25) is 4.79 Å². The van der Waals surface area contributed by atoms with Crippen LogP contribution in [0.15, 0.2) is 23.8 Å². The third kappa shape index (κ3) is 8.00. The second-order valence-corrected chi connectivity index (χ2v) is 14.3. The Morgan fingerprint density at radius 3 is 2.44 bits per heavy atom. The smallest absolute Gasteiger partial charge is 0.169 e. The second kappa shape index (κ2) is 15.4. The van der Waals surface area contributed by atoms with Crippen molar-refractivity contribution >= 4 is 5.78 Å². The average Bonchev–Trinajstić information content (AvgIpc) is 3.55. The molecule has 8 heteroatoms. The van der Waals surface area contributed by atoms with E-state index in [1.54, 1.807) is 7.11 Å². The van der Waals surface area contributed by atoms with E-state index >= 15 is 0 Å². The number of carbonyl (C=O) groups is 1. The number of hydrogen-bond acceptors (Lipinski definition) is 8. The third-order valence-electron chi connectivity index (χ3n) is 11.2. The van der Waals surface area contributed by atoms with E-state index in [0.717, 1.165) is 44.1 Å². The highest BCUT2D eigenvalue weighted by Gasteiger charge is 2.46. The highest BCUT2D eigenvalue weighted by Crippen LogP contribution is 2.44. The Balaban J connectivity index is 1.45. The van der Waals surface area contributed by atoms with Crippen LogP contribution in [-0.4, -0.2) is 84.3 Å². The summed E-state index contributed by atoms with van der Waals surface area (Å²) in [5.41, 5.74) is 0.911. The van der Waals surface area contributed by atoms with Gasteiger partial charge in [-0.05, 0) is 73.7 Å². The van der Waals surface area contributed by atoms with E-state index in [0.29, 0.717) is 11.8 Å². The molecule has 43 heavy (non-hydrogen) atoms. The summed E-state index contributed by atoms with van der Waals surface area (Å²) in [4.78, 5) is 12.4. The molecule has 4 aliphatic rings. The van der Waals surface area contributed by atoms with Crippen LogP contribution in [0.3, 0.4) is 0 Å². The highest BCUT2D eigenvalue weighted by atomic mass is 16.6. The van der Waals surface area contributed by atoms with Crippen molar-refractivity contribution in [1.29, 1.82) is 0 Å². The molecule has 15 unspecified atom stereocenters. The molecule has 1 aliphatic carbocycles. The summed E-state index contributed by atoms with van der Waals surface area (Å²) >= 11 is 0. The Bertz CT molecular complexity index is 965. The molecule has 0 aromatic carbocycles. The van der Waals surface area contributed by atoms with Crippen molar-refractivity contribution in [3.63, 3.8) is 0 Å². The van der Waals surface area contributed by atoms with Gasteiger partial charge in [0, 0.05) is 13.0 Å². The second-order valence-electron chi connectivity index (χ2n) is 14.3. The highest BCUT2D eigenvalue weighted by molar-refractivity contribution is 5.84. The molecule has 246 valence electrons. The van der Waals surface area contributed by atoms with E-state index < -0.39 is 18.3 Å². The number of rotatable bonds is 11. The van der Waals surface area contributed by atoms with Gasteiger partial charge in [0.05, 0.1) is 49.1 Å². The molecule has 3 saturated heterocycles. The summed E-state index contributed by atoms with van der Waals surface area (Å²) in [5.74, 6) is 0.217. The largest absolute Gasteiger partial charge is 0.392 e. The van der Waals surface area contributed by atoms with Gasteiger partial charge in [0.25, 0.3) is 0 Å². The maximum atomic E-state index is 12.4. The minimum Gasteiger partial charge on any atom is -0.392 e. The van der Waals surface area contributed by atoms with Crippen LogP contribution in [0.4, 0.5) is 0 Å². The quantitative estimate of drug-likeness (QED) is 0.290. The monoisotopic (exact) mass is 606 g/mol. The lowest BCUT2D eigenvalue weighted by Gasteiger charge is -2.43. The number of ketones is 1. The fourth-order valence-electron chi connectivity index (χ4n) is 8.50. The topological polar surface area (TPSA) is 115 Å². The van der Waals surface area contributed by atoms with Crippen LogP contribution in [-0.2, 0) is 23.7 Å². The van der Waals surface area contributed by atoms with Crippen molar-refractivity contribution in [2.45, 2.75) is 123 Å². The maximum absolute atomic E-state index is 12.4. The van der Waals surface area contributed by atoms with Crippen LogP contribution >= 0.6 is 0 Å². The summed E-state index contributed by atoms with van der Waals surface area (Å²) < 4.78 is 23.7. The van der Waals surface area contributed by atoms with Gasteiger partial charge >= 0.3 is 0 Å². The zero-order chi connectivity index (χ0) is 31.4. The number of Topliss-reactive ketones (excluding diaryl/α,β-unsaturated/α-hetero) is 1. The first-order valence-corrected chi connectivity index (χ1v) is 16.8. The van der Waals surface area contributed by atoms with Crippen LogP contribution < -0.4 is 0 Å². The predicted molar refractivity (Wildman–Crippen MR) is 165 cm³/mol. The molecule has 0 radical (unpaired) electrons. The fraction of sp³-hybridized carbons (Fsp3) is 0.857. The minimum atomic E-state index is -1.26. The van der Waals surface area contributed by atoms with E-state index in [9.17, 15) is 20.1 Å². The van der Waals surface area contributed by atoms with Gasteiger partial charge in [-0.1, -0.05) is 65.7 Å². The van der Waals surface area contributed by atoms with Crippen LogP contribution in [0.1, 0.15) is 80.1 Å². The van der Waals surface area contributed by atoms with Gasteiger partial charge in [0.2, 0.25) is 0 Å². The molecular formula is C35H58O8. The van der Waals surface area contributed by atoms with Gasteiger partial charge in [-0.15, -0.1) is 0 Å². The third-order valence-corrected chi connectivity index (χ3v) is 11.2. The Hall–Kier alpha value is -1.13. The number of methoxy groups -OCH3 is 1. The average molecular weight is 607 g/mol. The predicted octanol–water partition coefficient (Wildman–Crippen LogP) is 4.69. The molecule has 3 aliphatic heterocycles. The maximum Gasteiger partial charge on any atom is 0.169 e. The SMILES string of the molecule is COC(C)C1CC(C)C(C(C)C=CC2CCC(C)C(C(=CC3CCCC(C)C3C(C)C(O)C3C(=O)COC3O)CO)O2)O1. The van der Waals surface area contributed by atoms with Gasteiger partial charge in [-0.2, -0.15) is 0 Å². The summed E-state index contributed by atoms with van der Waals surface area (Å²) in [6.45, 7) is 12.7. The first kappa shape index (κ1) is 34.7. The zero-order valence-corrected chi connectivity index (χ0v) is 27.4. The van der Waals surface area contributed by atoms with Crippen molar-refractivity contribution in [3.8, 4) is 0 Å². The first-order valence-electron chi connectivity index (χ1n) is 16.8. The van der Waals surface area contributed by atoms with E-state index in [1.165, 1.54) is 0 Å². The molecule has 15 atom stereocenters. The lowest BCUT2D eigenvalue weighted by molar-refractivity contribution is -0.135. The normalized spacial score (nSPS) is 42.3. The van der Waals surface area contributed by atoms with Crippen molar-refractivity contribution in [1.82, 2.24) is 0 Å². The van der Waals surface area contributed by atoms with Gasteiger partial charge in [0.15, 0.2) is 12.1 Å². The molecule has 4 fully saturated rings. The molecule has 4 rings (SSSR count). The van der Waals surface area contributed by atoms with Crippen LogP contribution in [0.5, 0.6) is 0 Å². The van der Waals surface area contributed by atoms with Crippen LogP contribution in [0.25, 0.3) is 0 Å². The number of allylic oxidation sites excluding steroid dienone is 1. The lowest BCUT2D eigenvalue weighted by atomic mass is 9.64. The summed E-state index contributed by atoms with van der Waals surface area (Å²) in [6.07, 6.45) is 10.6. The Kier molecular flexibility index (Phi) is 12.5. The molecule has 1 saturated carbocycles. The zero-order valence-electron chi connectivity index (χ0n) is 27.4. The summed E-state index contributed by atoms with van der Waals surface area (Å²) in [7, 11) is 1.74. The molecule has 0 amide bonds.